The maximum absolute atomic E-state index is 12.0. The maximum atomic E-state index is 12.0. The largest absolute Gasteiger partial charge is 0.459 e. The number of carbonyl (C=O) groups excluding carboxylic acids is 1. The number of anilines is 1. The van der Waals surface area contributed by atoms with Crippen molar-refractivity contribution in [3.8, 4) is 0 Å². The number of hydrogen-bond donors (Lipinski definition) is 4. The molecule has 3 rings (SSSR count). The van der Waals surface area contributed by atoms with Crippen LogP contribution in [0.2, 0.25) is 0 Å². The molecule has 1 aromatic carbocycles. The number of nitrogens with zero attached hydrogens (tertiary/aromatic N) is 2. The minimum Gasteiger partial charge on any atom is -0.459 e. The SMILES string of the molecule is Nc1ccn([C@@H]2O[C@H](COC(=O)c3ccccc3)[C@@](N)(O)[C@H]2O)c(=O)n1. The van der Waals surface area contributed by atoms with Gasteiger partial charge in [-0.2, -0.15) is 4.98 Å². The van der Waals surface area contributed by atoms with E-state index in [4.69, 9.17) is 20.9 Å². The third kappa shape index (κ3) is 3.30. The van der Waals surface area contributed by atoms with Crippen molar-refractivity contribution in [3.63, 3.8) is 0 Å². The van der Waals surface area contributed by atoms with Crippen molar-refractivity contribution < 1.29 is 24.5 Å². The number of aromatic nitrogens is 2. The molecule has 0 radical (unpaired) electrons. The van der Waals surface area contributed by atoms with Crippen LogP contribution in [0.4, 0.5) is 5.82 Å². The topological polar surface area (TPSA) is 163 Å². The lowest BCUT2D eigenvalue weighted by atomic mass is 10.0. The zero-order chi connectivity index (χ0) is 18.9. The zero-order valence-electron chi connectivity index (χ0n) is 13.6. The number of ether oxygens (including phenoxy) is 2. The fraction of sp³-hybridized carbons (Fsp3) is 0.312. The minimum absolute atomic E-state index is 0.00455. The third-order valence-electron chi connectivity index (χ3n) is 4.06. The summed E-state index contributed by atoms with van der Waals surface area (Å²) in [5, 5.41) is 20.6. The Kier molecular flexibility index (Phi) is 4.74. The van der Waals surface area contributed by atoms with Gasteiger partial charge in [-0.1, -0.05) is 18.2 Å². The van der Waals surface area contributed by atoms with Gasteiger partial charge < -0.3 is 25.4 Å². The van der Waals surface area contributed by atoms with Gasteiger partial charge in [-0.15, -0.1) is 0 Å². The summed E-state index contributed by atoms with van der Waals surface area (Å²) in [5.41, 5.74) is 8.42. The first kappa shape index (κ1) is 18.0. The first-order valence-electron chi connectivity index (χ1n) is 7.72. The summed E-state index contributed by atoms with van der Waals surface area (Å²) >= 11 is 0. The Labute approximate surface area is 147 Å². The molecule has 0 saturated carbocycles. The van der Waals surface area contributed by atoms with Crippen molar-refractivity contribution in [1.29, 1.82) is 0 Å². The Bertz CT molecular complexity index is 853. The summed E-state index contributed by atoms with van der Waals surface area (Å²) in [7, 11) is 0. The van der Waals surface area contributed by atoms with Gasteiger partial charge in [0.05, 0.1) is 5.56 Å². The Morgan fingerprint density at radius 3 is 2.69 bits per heavy atom. The van der Waals surface area contributed by atoms with Crippen LogP contribution in [0.15, 0.2) is 47.4 Å². The number of nitrogens with two attached hydrogens (primary N) is 2. The van der Waals surface area contributed by atoms with Crippen molar-refractivity contribution in [1.82, 2.24) is 9.55 Å². The summed E-state index contributed by atoms with van der Waals surface area (Å²) in [4.78, 5) is 27.4. The fourth-order valence-corrected chi connectivity index (χ4v) is 2.59. The Balaban J connectivity index is 1.74. The molecular weight excluding hydrogens is 344 g/mol. The summed E-state index contributed by atoms with van der Waals surface area (Å²) in [6, 6.07) is 9.53. The van der Waals surface area contributed by atoms with Gasteiger partial charge in [-0.3, -0.25) is 10.3 Å². The lowest BCUT2D eigenvalue weighted by Gasteiger charge is -2.25. The summed E-state index contributed by atoms with van der Waals surface area (Å²) in [6.07, 6.45) is -2.98. The first-order chi connectivity index (χ1) is 12.3. The molecule has 6 N–H and O–H groups in total. The lowest BCUT2D eigenvalue weighted by molar-refractivity contribution is -0.0917. The van der Waals surface area contributed by atoms with Crippen LogP contribution >= 0.6 is 0 Å². The molecule has 138 valence electrons. The standard InChI is InChI=1S/C16H18N4O6/c17-11-6-7-20(15(23)19-11)13-12(21)16(18,24)10(26-13)8-25-14(22)9-4-2-1-3-5-9/h1-7,10,12-13,21,24H,8,18H2,(H2,17,19,23)/t10-,12+,13-,16-/m1/s1. The highest BCUT2D eigenvalue weighted by Gasteiger charge is 2.54. The molecule has 0 spiro atoms. The normalized spacial score (nSPS) is 28.0. The number of nitrogen functional groups attached to an aromatic ring is 1. The highest BCUT2D eigenvalue weighted by atomic mass is 16.6. The molecule has 4 atom stereocenters. The molecule has 0 amide bonds. The van der Waals surface area contributed by atoms with E-state index in [1.165, 1.54) is 12.3 Å². The van der Waals surface area contributed by atoms with Gasteiger partial charge in [-0.25, -0.2) is 9.59 Å². The van der Waals surface area contributed by atoms with Gasteiger partial charge in [-0.05, 0) is 18.2 Å². The lowest BCUT2D eigenvalue weighted by Crippen LogP contribution is -2.57. The van der Waals surface area contributed by atoms with Crippen LogP contribution in [0.5, 0.6) is 0 Å². The van der Waals surface area contributed by atoms with E-state index in [-0.39, 0.29) is 5.82 Å². The van der Waals surface area contributed by atoms with E-state index in [0.717, 1.165) is 4.57 Å². The monoisotopic (exact) mass is 362 g/mol. The molecular formula is C16H18N4O6. The second-order valence-corrected chi connectivity index (χ2v) is 5.85. The van der Waals surface area contributed by atoms with Gasteiger partial charge in [0, 0.05) is 6.20 Å². The maximum Gasteiger partial charge on any atom is 0.351 e. The molecule has 26 heavy (non-hydrogen) atoms. The molecule has 0 aliphatic carbocycles. The van der Waals surface area contributed by atoms with Gasteiger partial charge in [0.25, 0.3) is 0 Å². The molecule has 2 heterocycles. The van der Waals surface area contributed by atoms with Gasteiger partial charge in [0.1, 0.15) is 24.6 Å². The minimum atomic E-state index is -2.25. The highest BCUT2D eigenvalue weighted by molar-refractivity contribution is 5.89. The number of aliphatic hydroxyl groups excluding tert-OH is 1. The molecule has 10 heteroatoms. The molecule has 1 aromatic heterocycles. The summed E-state index contributed by atoms with van der Waals surface area (Å²) in [5.74, 6) is -0.649. The van der Waals surface area contributed by atoms with E-state index in [0.29, 0.717) is 5.56 Å². The second-order valence-electron chi connectivity index (χ2n) is 5.85. The summed E-state index contributed by atoms with van der Waals surface area (Å²) in [6.45, 7) is -0.425. The van der Waals surface area contributed by atoms with Crippen molar-refractivity contribution in [2.45, 2.75) is 24.2 Å². The van der Waals surface area contributed by atoms with Gasteiger partial charge in [0.15, 0.2) is 12.0 Å². The molecule has 1 saturated heterocycles. The second kappa shape index (κ2) is 6.84. The van der Waals surface area contributed by atoms with Crippen LogP contribution in [0, 0.1) is 0 Å². The third-order valence-corrected chi connectivity index (χ3v) is 4.06. The smallest absolute Gasteiger partial charge is 0.351 e. The molecule has 10 nitrogen and oxygen atoms in total. The predicted octanol–water partition coefficient (Wildman–Crippen LogP) is -1.41. The quantitative estimate of drug-likeness (QED) is 0.378. The number of esters is 1. The van der Waals surface area contributed by atoms with Crippen molar-refractivity contribution in [2.24, 2.45) is 5.73 Å². The van der Waals surface area contributed by atoms with E-state index >= 15 is 0 Å². The van der Waals surface area contributed by atoms with Crippen LogP contribution < -0.4 is 17.2 Å². The molecule has 1 fully saturated rings. The van der Waals surface area contributed by atoms with E-state index in [9.17, 15) is 19.8 Å². The fourth-order valence-electron chi connectivity index (χ4n) is 2.59. The van der Waals surface area contributed by atoms with Crippen LogP contribution in [-0.4, -0.2) is 50.3 Å². The molecule has 1 aliphatic heterocycles. The predicted molar refractivity (Wildman–Crippen MR) is 88.7 cm³/mol. The first-order valence-corrected chi connectivity index (χ1v) is 7.72. The highest BCUT2D eigenvalue weighted by Crippen LogP contribution is 2.33. The molecule has 0 unspecified atom stereocenters. The Hall–Kier alpha value is -2.79. The van der Waals surface area contributed by atoms with Gasteiger partial charge >= 0.3 is 11.7 Å². The van der Waals surface area contributed by atoms with Crippen LogP contribution in [0.1, 0.15) is 16.6 Å². The van der Waals surface area contributed by atoms with E-state index in [2.05, 4.69) is 4.98 Å². The zero-order valence-corrected chi connectivity index (χ0v) is 13.6. The van der Waals surface area contributed by atoms with Crippen molar-refractivity contribution >= 4 is 11.8 Å². The van der Waals surface area contributed by atoms with Crippen LogP contribution in [0.25, 0.3) is 0 Å². The van der Waals surface area contributed by atoms with E-state index in [1.807, 2.05) is 0 Å². The number of aliphatic hydroxyl groups is 2. The average Bonchev–Trinajstić information content (AvgIpc) is 2.84. The Morgan fingerprint density at radius 1 is 1.35 bits per heavy atom. The van der Waals surface area contributed by atoms with Crippen LogP contribution in [-0.2, 0) is 9.47 Å². The van der Waals surface area contributed by atoms with Crippen molar-refractivity contribution in [3.05, 3.63) is 58.6 Å². The van der Waals surface area contributed by atoms with E-state index < -0.39 is 42.4 Å². The van der Waals surface area contributed by atoms with Gasteiger partial charge in [0.2, 0.25) is 0 Å². The molecule has 0 bridgehead atoms. The average molecular weight is 362 g/mol. The van der Waals surface area contributed by atoms with Crippen LogP contribution in [0.3, 0.4) is 0 Å². The van der Waals surface area contributed by atoms with Crippen molar-refractivity contribution in [2.75, 3.05) is 12.3 Å². The Morgan fingerprint density at radius 2 is 2.04 bits per heavy atom. The number of benzene rings is 1. The molecule has 2 aromatic rings. The number of carbonyl (C=O) groups is 1. The molecule has 1 aliphatic rings. The number of hydrogen-bond acceptors (Lipinski definition) is 9. The summed E-state index contributed by atoms with van der Waals surface area (Å²) < 4.78 is 11.5. The van der Waals surface area contributed by atoms with E-state index in [1.54, 1.807) is 30.3 Å². The number of rotatable bonds is 4.